The first-order valence-electron chi connectivity index (χ1n) is 24.5. The van der Waals surface area contributed by atoms with Gasteiger partial charge in [0.25, 0.3) is 0 Å². The molecule has 10 heteroatoms. The van der Waals surface area contributed by atoms with Crippen LogP contribution in [0.2, 0.25) is 0 Å². The fourth-order valence-corrected chi connectivity index (χ4v) is 6.37. The van der Waals surface area contributed by atoms with E-state index in [0.717, 1.165) is 109 Å². The summed E-state index contributed by atoms with van der Waals surface area (Å²) < 4.78 is 33.4. The Labute approximate surface area is 400 Å². The molecule has 3 unspecified atom stereocenters. The molecule has 0 radical (unpaired) electrons. The molecule has 66 heavy (non-hydrogen) atoms. The first kappa shape index (κ1) is 62.1. The monoisotopic (exact) mass is 935 g/mol. The van der Waals surface area contributed by atoms with Crippen LogP contribution < -0.4 is 0 Å². The molecule has 0 amide bonds. The van der Waals surface area contributed by atoms with E-state index in [1.165, 1.54) is 0 Å². The summed E-state index contributed by atoms with van der Waals surface area (Å²) in [5.74, 6) is -0.460. The van der Waals surface area contributed by atoms with Crippen LogP contribution in [-0.2, 0) is 27.9 Å². The summed E-state index contributed by atoms with van der Waals surface area (Å²) in [5, 5.41) is 18.4. The van der Waals surface area contributed by atoms with Gasteiger partial charge in [-0.2, -0.15) is 0 Å². The number of unbranched alkanes of at least 4 members (excludes halogenated alkanes) is 4. The van der Waals surface area contributed by atoms with Gasteiger partial charge in [-0.25, -0.2) is 4.57 Å². The molecule has 0 rings (SSSR count). The molecule has 0 spiro atoms. The number of hydrogen-bond acceptors (Lipinski definition) is 8. The Morgan fingerprint density at radius 1 is 0.470 bits per heavy atom. The molecule has 0 aromatic rings. The van der Waals surface area contributed by atoms with Crippen LogP contribution in [0.5, 0.6) is 0 Å². The highest BCUT2D eigenvalue weighted by Gasteiger charge is 2.26. The summed E-state index contributed by atoms with van der Waals surface area (Å²) >= 11 is 0. The standard InChI is InChI=1S/C56H87O9P/c1-3-5-7-9-11-13-15-17-19-21-23-25-27-28-30-32-34-36-38-40-42-44-46-48-56(59)65-55(53-64-66(60,61)63-51-54(58)50-57)52-62-49-47-45-43-41-39-37-35-33-31-29-26-24-22-20-18-16-14-12-10-8-6-4-2/h5-8,11-14,17-20,23-26,28,30-31,33-34,36-37,39-40,42,54-55,57-58H,3-4,9-10,15-16,21-22,27,29,32,35,38,41,43-53H2,1-2H3,(H,60,61)/b7-5-,8-6-,13-11-,14-12-,19-17-,20-18-,25-23-,26-24-,30-28-,33-31-,36-34-,39-37-,42-40-. The quantitative estimate of drug-likeness (QED) is 0.0236. The maximum Gasteiger partial charge on any atom is 0.472 e. The molecule has 9 nitrogen and oxygen atoms in total. The molecule has 0 bridgehead atoms. The number of carbonyl (C=O) groups excluding carboxylic acids is 1. The van der Waals surface area contributed by atoms with Gasteiger partial charge in [0.05, 0.1) is 26.4 Å². The lowest BCUT2D eigenvalue weighted by molar-refractivity contribution is -0.154. The van der Waals surface area contributed by atoms with E-state index in [1.54, 1.807) is 0 Å². The summed E-state index contributed by atoms with van der Waals surface area (Å²) in [6, 6.07) is 0. The lowest BCUT2D eigenvalue weighted by Gasteiger charge is -2.20. The van der Waals surface area contributed by atoms with E-state index in [1.807, 2.05) is 6.08 Å². The third kappa shape index (κ3) is 49.5. The Morgan fingerprint density at radius 2 is 0.818 bits per heavy atom. The van der Waals surface area contributed by atoms with Crippen molar-refractivity contribution in [2.75, 3.05) is 33.0 Å². The van der Waals surface area contributed by atoms with E-state index >= 15 is 0 Å². The van der Waals surface area contributed by atoms with Crippen LogP contribution in [0.15, 0.2) is 158 Å². The van der Waals surface area contributed by atoms with E-state index < -0.39 is 45.8 Å². The maximum absolute atomic E-state index is 12.7. The van der Waals surface area contributed by atoms with Gasteiger partial charge in [0.2, 0.25) is 0 Å². The summed E-state index contributed by atoms with van der Waals surface area (Å²) in [5.41, 5.74) is 0. The number of hydrogen-bond donors (Lipinski definition) is 3. The van der Waals surface area contributed by atoms with E-state index in [-0.39, 0.29) is 13.0 Å². The Morgan fingerprint density at radius 3 is 1.20 bits per heavy atom. The van der Waals surface area contributed by atoms with Gasteiger partial charge in [0, 0.05) is 13.0 Å². The lowest BCUT2D eigenvalue weighted by Crippen LogP contribution is -2.29. The first-order valence-corrected chi connectivity index (χ1v) is 26.0. The van der Waals surface area contributed by atoms with Gasteiger partial charge in [0.1, 0.15) is 12.2 Å². The summed E-state index contributed by atoms with van der Waals surface area (Å²) in [6.45, 7) is 3.08. The van der Waals surface area contributed by atoms with Crippen LogP contribution in [0.3, 0.4) is 0 Å². The molecule has 0 saturated heterocycles. The normalized spacial score (nSPS) is 15.2. The molecule has 370 valence electrons. The lowest BCUT2D eigenvalue weighted by atomic mass is 10.2. The van der Waals surface area contributed by atoms with E-state index in [2.05, 4.69) is 166 Å². The second-order valence-corrected chi connectivity index (χ2v) is 16.8. The number of phosphoric ester groups is 1. The number of esters is 1. The second kappa shape index (κ2) is 50.5. The maximum atomic E-state index is 12.7. The smallest absolute Gasteiger partial charge is 0.457 e. The first-order chi connectivity index (χ1) is 32.3. The van der Waals surface area contributed by atoms with Crippen molar-refractivity contribution in [1.29, 1.82) is 0 Å². The molecule has 3 atom stereocenters. The predicted octanol–water partition coefficient (Wildman–Crippen LogP) is 14.5. The Kier molecular flexibility index (Phi) is 47.5. The molecular formula is C56H87O9P. The average molecular weight is 935 g/mol. The van der Waals surface area contributed by atoms with Crippen molar-refractivity contribution >= 4 is 13.8 Å². The van der Waals surface area contributed by atoms with Gasteiger partial charge in [-0.1, -0.05) is 178 Å². The van der Waals surface area contributed by atoms with Gasteiger partial charge in [0.15, 0.2) is 0 Å². The van der Waals surface area contributed by atoms with Crippen molar-refractivity contribution in [2.24, 2.45) is 0 Å². The van der Waals surface area contributed by atoms with E-state index in [4.69, 9.17) is 23.6 Å². The largest absolute Gasteiger partial charge is 0.472 e. The zero-order chi connectivity index (χ0) is 48.1. The molecule has 0 aliphatic carbocycles. The Balaban J connectivity index is 4.35. The summed E-state index contributed by atoms with van der Waals surface area (Å²) in [4.78, 5) is 22.7. The number of aliphatic hydroxyl groups excluding tert-OH is 2. The zero-order valence-electron chi connectivity index (χ0n) is 40.6. The van der Waals surface area contributed by atoms with Crippen molar-refractivity contribution in [1.82, 2.24) is 0 Å². The number of phosphoric acid groups is 1. The molecule has 0 aromatic heterocycles. The van der Waals surface area contributed by atoms with Gasteiger partial charge in [-0.15, -0.1) is 0 Å². The van der Waals surface area contributed by atoms with Gasteiger partial charge in [-0.3, -0.25) is 13.8 Å². The third-order valence-corrected chi connectivity index (χ3v) is 10.2. The third-order valence-electron chi connectivity index (χ3n) is 9.21. The van der Waals surface area contributed by atoms with Crippen LogP contribution in [0.1, 0.15) is 142 Å². The molecule has 0 aliphatic heterocycles. The van der Waals surface area contributed by atoms with Crippen LogP contribution >= 0.6 is 7.82 Å². The predicted molar refractivity (Wildman–Crippen MR) is 278 cm³/mol. The highest BCUT2D eigenvalue weighted by molar-refractivity contribution is 7.47. The van der Waals surface area contributed by atoms with Crippen LogP contribution in [0, 0.1) is 0 Å². The van der Waals surface area contributed by atoms with E-state index in [9.17, 15) is 19.4 Å². The van der Waals surface area contributed by atoms with Crippen LogP contribution in [-0.4, -0.2) is 66.3 Å². The Bertz CT molecular complexity index is 1570. The Hall–Kier alpha value is -3.92. The zero-order valence-corrected chi connectivity index (χ0v) is 41.5. The number of ether oxygens (including phenoxy) is 2. The van der Waals surface area contributed by atoms with Crippen molar-refractivity contribution in [2.45, 2.75) is 154 Å². The van der Waals surface area contributed by atoms with Crippen molar-refractivity contribution in [3.8, 4) is 0 Å². The SMILES string of the molecule is CC/C=C\C/C=C\C/C=C\C/C=C\C/C=C\C/C=C\C/C=C\CCCC(=O)OC(COCCCCC/C=C\C/C=C\C/C=C\C/C=C\C/C=C\C/C=C\CC)COP(=O)(O)OCC(O)CO. The van der Waals surface area contributed by atoms with Gasteiger partial charge >= 0.3 is 13.8 Å². The number of rotatable bonds is 44. The fraction of sp³-hybridized carbons (Fsp3) is 0.518. The average Bonchev–Trinajstić information content (AvgIpc) is 3.31. The molecule has 0 aliphatic rings. The highest BCUT2D eigenvalue weighted by Crippen LogP contribution is 2.43. The van der Waals surface area contributed by atoms with Gasteiger partial charge in [-0.05, 0) is 116 Å². The minimum atomic E-state index is -4.56. The molecule has 0 fully saturated rings. The molecular weight excluding hydrogens is 848 g/mol. The number of aliphatic hydroxyl groups is 2. The van der Waals surface area contributed by atoms with Gasteiger partial charge < -0.3 is 24.6 Å². The topological polar surface area (TPSA) is 132 Å². The molecule has 0 aromatic carbocycles. The molecule has 3 N–H and O–H groups in total. The van der Waals surface area contributed by atoms with E-state index in [0.29, 0.717) is 19.4 Å². The fourth-order valence-electron chi connectivity index (χ4n) is 5.58. The minimum Gasteiger partial charge on any atom is -0.457 e. The summed E-state index contributed by atoms with van der Waals surface area (Å²) in [6.07, 6.45) is 72.1. The molecule has 0 heterocycles. The van der Waals surface area contributed by atoms with Crippen LogP contribution in [0.4, 0.5) is 0 Å². The van der Waals surface area contributed by atoms with Crippen LogP contribution in [0.25, 0.3) is 0 Å². The number of carbonyl (C=O) groups is 1. The van der Waals surface area contributed by atoms with Crippen molar-refractivity contribution in [3.05, 3.63) is 158 Å². The molecule has 0 saturated carbocycles. The van der Waals surface area contributed by atoms with Crippen molar-refractivity contribution < 1.29 is 43.0 Å². The summed E-state index contributed by atoms with van der Waals surface area (Å²) in [7, 11) is -4.56. The number of allylic oxidation sites excluding steroid dienone is 26. The second-order valence-electron chi connectivity index (χ2n) is 15.4. The highest BCUT2D eigenvalue weighted by atomic mass is 31.2. The minimum absolute atomic E-state index is 0.00991. The van der Waals surface area contributed by atoms with Crippen molar-refractivity contribution in [3.63, 3.8) is 0 Å².